The molecule has 1 heterocycles. The van der Waals surface area contributed by atoms with Crippen molar-refractivity contribution in [2.45, 2.75) is 13.0 Å². The van der Waals surface area contributed by atoms with E-state index in [1.165, 1.54) is 25.3 Å². The zero-order valence-electron chi connectivity index (χ0n) is 11.8. The van der Waals surface area contributed by atoms with Crippen LogP contribution in [-0.4, -0.2) is 23.0 Å². The number of ether oxygens (including phenoxy) is 1. The summed E-state index contributed by atoms with van der Waals surface area (Å²) in [6.45, 7) is 1.42. The third-order valence-corrected chi connectivity index (χ3v) is 3.66. The summed E-state index contributed by atoms with van der Waals surface area (Å²) < 4.78 is 18.3. The summed E-state index contributed by atoms with van der Waals surface area (Å²) >= 11 is 8.77. The summed E-state index contributed by atoms with van der Waals surface area (Å²) in [6.07, 6.45) is 0.320. The summed E-state index contributed by atoms with van der Waals surface area (Å²) in [7, 11) is 0. The molecule has 0 bridgehead atoms. The first-order valence-corrected chi connectivity index (χ1v) is 7.62. The summed E-state index contributed by atoms with van der Waals surface area (Å²) in [5, 5.41) is 2.93. The zero-order valence-corrected chi connectivity index (χ0v) is 14.2. The Balaban J connectivity index is 2.00. The molecule has 0 unspecified atom stereocenters. The molecule has 1 amide bonds. The molecule has 2 rings (SSSR count). The number of amides is 1. The highest BCUT2D eigenvalue weighted by Crippen LogP contribution is 2.19. The number of rotatable bonds is 4. The molecule has 5 nitrogen and oxygen atoms in total. The zero-order chi connectivity index (χ0) is 17.0. The molecular weight excluding hydrogens is 391 g/mol. The Morgan fingerprint density at radius 1 is 1.35 bits per heavy atom. The lowest BCUT2D eigenvalue weighted by Gasteiger charge is -2.13. The Bertz CT molecular complexity index is 740. The van der Waals surface area contributed by atoms with Crippen LogP contribution < -0.4 is 5.32 Å². The molecule has 1 N–H and O–H groups in total. The predicted octanol–water partition coefficient (Wildman–Crippen LogP) is 3.82. The molecule has 0 fully saturated rings. The van der Waals surface area contributed by atoms with E-state index >= 15 is 0 Å². The number of carbonyl (C=O) groups is 2. The second kappa shape index (κ2) is 7.52. The summed E-state index contributed by atoms with van der Waals surface area (Å²) in [6, 6.07) is 6.62. The molecule has 0 aliphatic heterocycles. The minimum Gasteiger partial charge on any atom is -0.449 e. The van der Waals surface area contributed by atoms with Crippen LogP contribution in [0.2, 0.25) is 5.02 Å². The van der Waals surface area contributed by atoms with Crippen LogP contribution in [0.5, 0.6) is 0 Å². The van der Waals surface area contributed by atoms with E-state index < -0.39 is 23.8 Å². The number of aromatic nitrogens is 1. The van der Waals surface area contributed by atoms with Crippen LogP contribution in [0.25, 0.3) is 0 Å². The number of hydrogen-bond donors (Lipinski definition) is 1. The number of esters is 1. The van der Waals surface area contributed by atoms with Gasteiger partial charge in [0.25, 0.3) is 5.91 Å². The fourth-order valence-corrected chi connectivity index (χ4v) is 2.23. The molecular formula is C15H11BrClFN2O3. The molecule has 0 aliphatic rings. The maximum atomic E-state index is 13.0. The van der Waals surface area contributed by atoms with Crippen molar-refractivity contribution in [3.05, 3.63) is 57.4 Å². The van der Waals surface area contributed by atoms with E-state index in [9.17, 15) is 14.0 Å². The molecule has 1 atom stereocenters. The number of nitrogens with zero attached hydrogens (tertiary/aromatic N) is 1. The fraction of sp³-hybridized carbons (Fsp3) is 0.133. The lowest BCUT2D eigenvalue weighted by molar-refractivity contribution is -0.123. The van der Waals surface area contributed by atoms with E-state index in [4.69, 9.17) is 16.3 Å². The van der Waals surface area contributed by atoms with Crippen LogP contribution in [-0.2, 0) is 9.53 Å². The molecule has 0 spiro atoms. The molecule has 1 aromatic carbocycles. The van der Waals surface area contributed by atoms with E-state index in [1.807, 2.05) is 0 Å². The average Bonchev–Trinajstić information content (AvgIpc) is 2.49. The SMILES string of the molecule is C[C@@H](OC(=O)c1ccc(F)cc1Br)C(=O)Nc1ccc(Cl)cn1. The van der Waals surface area contributed by atoms with E-state index in [-0.39, 0.29) is 15.9 Å². The van der Waals surface area contributed by atoms with Gasteiger partial charge in [-0.3, -0.25) is 4.79 Å². The van der Waals surface area contributed by atoms with Gasteiger partial charge in [-0.1, -0.05) is 11.6 Å². The third kappa shape index (κ3) is 4.74. The van der Waals surface area contributed by atoms with Gasteiger partial charge in [0.2, 0.25) is 0 Å². The van der Waals surface area contributed by atoms with Crippen LogP contribution in [0, 0.1) is 5.82 Å². The molecule has 2 aromatic rings. The monoisotopic (exact) mass is 400 g/mol. The average molecular weight is 402 g/mol. The maximum Gasteiger partial charge on any atom is 0.340 e. The number of pyridine rings is 1. The topological polar surface area (TPSA) is 68.3 Å². The number of benzene rings is 1. The van der Waals surface area contributed by atoms with Crippen molar-refractivity contribution in [3.63, 3.8) is 0 Å². The summed E-state index contributed by atoms with van der Waals surface area (Å²) in [4.78, 5) is 27.9. The van der Waals surface area contributed by atoms with Gasteiger partial charge in [-0.15, -0.1) is 0 Å². The second-order valence-corrected chi connectivity index (χ2v) is 5.81. The van der Waals surface area contributed by atoms with Gasteiger partial charge in [0.1, 0.15) is 11.6 Å². The molecule has 1 aromatic heterocycles. The number of nitrogens with one attached hydrogen (secondary N) is 1. The smallest absolute Gasteiger partial charge is 0.340 e. The van der Waals surface area contributed by atoms with Crippen LogP contribution >= 0.6 is 27.5 Å². The van der Waals surface area contributed by atoms with Gasteiger partial charge < -0.3 is 10.1 Å². The van der Waals surface area contributed by atoms with Crippen molar-refractivity contribution < 1.29 is 18.7 Å². The number of carbonyl (C=O) groups excluding carboxylic acids is 2. The highest BCUT2D eigenvalue weighted by molar-refractivity contribution is 9.10. The van der Waals surface area contributed by atoms with Gasteiger partial charge in [-0.25, -0.2) is 14.2 Å². The first kappa shape index (κ1) is 17.4. The van der Waals surface area contributed by atoms with E-state index in [0.717, 1.165) is 12.1 Å². The first-order chi connectivity index (χ1) is 10.9. The van der Waals surface area contributed by atoms with Crippen molar-refractivity contribution in [1.29, 1.82) is 0 Å². The van der Waals surface area contributed by atoms with Gasteiger partial charge in [0.05, 0.1) is 10.6 Å². The van der Waals surface area contributed by atoms with Crippen molar-refractivity contribution in [1.82, 2.24) is 4.98 Å². The van der Waals surface area contributed by atoms with Crippen molar-refractivity contribution >= 4 is 45.2 Å². The lowest BCUT2D eigenvalue weighted by Crippen LogP contribution is -2.30. The minimum atomic E-state index is -1.06. The Hall–Kier alpha value is -1.99. The Kier molecular flexibility index (Phi) is 5.68. The Labute approximate surface area is 144 Å². The van der Waals surface area contributed by atoms with Gasteiger partial charge in [-0.05, 0) is 53.2 Å². The summed E-state index contributed by atoms with van der Waals surface area (Å²) in [5.41, 5.74) is 0.121. The van der Waals surface area contributed by atoms with Crippen molar-refractivity contribution in [3.8, 4) is 0 Å². The van der Waals surface area contributed by atoms with E-state index in [1.54, 1.807) is 6.07 Å². The number of hydrogen-bond acceptors (Lipinski definition) is 4. The molecule has 23 heavy (non-hydrogen) atoms. The van der Waals surface area contributed by atoms with Crippen molar-refractivity contribution in [2.75, 3.05) is 5.32 Å². The van der Waals surface area contributed by atoms with Gasteiger partial charge in [-0.2, -0.15) is 0 Å². The Morgan fingerprint density at radius 2 is 2.09 bits per heavy atom. The molecule has 0 aliphatic carbocycles. The predicted molar refractivity (Wildman–Crippen MR) is 86.9 cm³/mol. The van der Waals surface area contributed by atoms with Gasteiger partial charge in [0.15, 0.2) is 6.10 Å². The highest BCUT2D eigenvalue weighted by Gasteiger charge is 2.21. The highest BCUT2D eigenvalue weighted by atomic mass is 79.9. The van der Waals surface area contributed by atoms with Gasteiger partial charge >= 0.3 is 5.97 Å². The van der Waals surface area contributed by atoms with Gasteiger partial charge in [0, 0.05) is 10.7 Å². The minimum absolute atomic E-state index is 0.121. The van der Waals surface area contributed by atoms with Crippen LogP contribution in [0.4, 0.5) is 10.2 Å². The number of halogens is 3. The lowest BCUT2D eigenvalue weighted by atomic mass is 10.2. The second-order valence-electron chi connectivity index (χ2n) is 4.52. The largest absolute Gasteiger partial charge is 0.449 e. The normalized spacial score (nSPS) is 11.7. The maximum absolute atomic E-state index is 13.0. The van der Waals surface area contributed by atoms with Crippen LogP contribution in [0.3, 0.4) is 0 Å². The van der Waals surface area contributed by atoms with Crippen molar-refractivity contribution in [2.24, 2.45) is 0 Å². The van der Waals surface area contributed by atoms with Crippen LogP contribution in [0.1, 0.15) is 17.3 Å². The molecule has 120 valence electrons. The molecule has 8 heteroatoms. The van der Waals surface area contributed by atoms with Crippen LogP contribution in [0.15, 0.2) is 41.0 Å². The molecule has 0 saturated heterocycles. The molecule has 0 saturated carbocycles. The third-order valence-electron chi connectivity index (χ3n) is 2.78. The standard InChI is InChI=1S/C15H11BrClFN2O3/c1-8(14(21)20-13-5-2-9(17)7-19-13)23-15(22)11-4-3-10(18)6-12(11)16/h2-8H,1H3,(H,19,20,21)/t8-/m1/s1. The molecule has 0 radical (unpaired) electrons. The van der Waals surface area contributed by atoms with E-state index in [2.05, 4.69) is 26.2 Å². The van der Waals surface area contributed by atoms with E-state index in [0.29, 0.717) is 5.02 Å². The Morgan fingerprint density at radius 3 is 2.70 bits per heavy atom. The summed E-state index contributed by atoms with van der Waals surface area (Å²) in [5.74, 6) is -1.51. The first-order valence-electron chi connectivity index (χ1n) is 6.45. The quantitative estimate of drug-likeness (QED) is 0.791. The fourth-order valence-electron chi connectivity index (χ4n) is 1.61. The number of anilines is 1.